The topological polar surface area (TPSA) is 57.6 Å². The highest BCUT2D eigenvalue weighted by Gasteiger charge is 2.14. The number of aromatic amines is 1. The van der Waals surface area contributed by atoms with Crippen molar-refractivity contribution < 1.29 is 0 Å². The molecule has 4 heteroatoms. The van der Waals surface area contributed by atoms with E-state index >= 15 is 0 Å². The fourth-order valence-electron chi connectivity index (χ4n) is 1.54. The minimum absolute atomic E-state index is 0.179. The number of H-pyrrole nitrogens is 1. The highest BCUT2D eigenvalue weighted by molar-refractivity contribution is 6.01. The standard InChI is InChI=1S/C9H5N3O/c13-9-8-7-5(4-10-9)2-1-3-6(7)11-12-8/h1-4H,(H,10,13). The van der Waals surface area contributed by atoms with E-state index in [1.165, 1.54) is 0 Å². The summed E-state index contributed by atoms with van der Waals surface area (Å²) in [6.45, 7) is 0. The molecule has 0 spiro atoms. The molecule has 1 N–H and O–H groups in total. The number of hydrogen-bond donors (Lipinski definition) is 1. The van der Waals surface area contributed by atoms with Gasteiger partial charge in [-0.05, 0) is 6.07 Å². The molecule has 62 valence electrons. The van der Waals surface area contributed by atoms with Crippen molar-refractivity contribution in [1.29, 1.82) is 0 Å². The van der Waals surface area contributed by atoms with Gasteiger partial charge in [0.15, 0.2) is 5.69 Å². The van der Waals surface area contributed by atoms with Gasteiger partial charge in [0.25, 0.3) is 5.56 Å². The zero-order valence-corrected chi connectivity index (χ0v) is 6.61. The molecule has 13 heavy (non-hydrogen) atoms. The lowest BCUT2D eigenvalue weighted by Crippen LogP contribution is -2.02. The summed E-state index contributed by atoms with van der Waals surface area (Å²) < 4.78 is 0. The molecular weight excluding hydrogens is 166 g/mol. The summed E-state index contributed by atoms with van der Waals surface area (Å²) >= 11 is 0. The minimum atomic E-state index is -0.179. The molecule has 0 saturated carbocycles. The van der Waals surface area contributed by atoms with Crippen LogP contribution in [0.5, 0.6) is 0 Å². The molecule has 0 atom stereocenters. The van der Waals surface area contributed by atoms with Gasteiger partial charge in [-0.2, -0.15) is 0 Å². The monoisotopic (exact) mass is 171 g/mol. The second-order valence-electron chi connectivity index (χ2n) is 2.91. The van der Waals surface area contributed by atoms with Gasteiger partial charge in [0.05, 0.1) is 5.69 Å². The summed E-state index contributed by atoms with van der Waals surface area (Å²) in [5.41, 5.74) is 1.02. The van der Waals surface area contributed by atoms with Crippen LogP contribution >= 0.6 is 0 Å². The Morgan fingerprint density at radius 3 is 3.08 bits per heavy atom. The number of aromatic nitrogens is 1. The van der Waals surface area contributed by atoms with Crippen LogP contribution in [0.1, 0.15) is 0 Å². The fraction of sp³-hybridized carbons (Fsp3) is 0. The molecule has 2 aromatic rings. The van der Waals surface area contributed by atoms with Crippen LogP contribution in [-0.2, 0) is 0 Å². The Balaban J connectivity index is 2.70. The summed E-state index contributed by atoms with van der Waals surface area (Å²) in [7, 11) is 0. The van der Waals surface area contributed by atoms with Gasteiger partial charge in [-0.1, -0.05) is 12.1 Å². The summed E-state index contributed by atoms with van der Waals surface area (Å²) in [6, 6.07) is 5.67. The molecule has 1 aromatic heterocycles. The van der Waals surface area contributed by atoms with Crippen LogP contribution in [0, 0.1) is 0 Å². The minimum Gasteiger partial charge on any atom is -0.327 e. The maximum Gasteiger partial charge on any atom is 0.276 e. The van der Waals surface area contributed by atoms with Crippen molar-refractivity contribution in [1.82, 2.24) is 4.98 Å². The van der Waals surface area contributed by atoms with Crippen LogP contribution in [0.4, 0.5) is 11.4 Å². The molecule has 0 unspecified atom stereocenters. The largest absolute Gasteiger partial charge is 0.327 e. The van der Waals surface area contributed by atoms with Crippen LogP contribution in [0.3, 0.4) is 0 Å². The highest BCUT2D eigenvalue weighted by atomic mass is 16.1. The third-order valence-electron chi connectivity index (χ3n) is 2.14. The average molecular weight is 171 g/mol. The van der Waals surface area contributed by atoms with E-state index in [-0.39, 0.29) is 5.56 Å². The zero-order valence-electron chi connectivity index (χ0n) is 6.61. The SMILES string of the molecule is O=c1[nH]cc2cccc3c2c1N=N3. The van der Waals surface area contributed by atoms with E-state index in [0.29, 0.717) is 5.69 Å². The molecule has 0 radical (unpaired) electrons. The maximum atomic E-state index is 11.3. The molecular formula is C9H5N3O. The zero-order chi connectivity index (χ0) is 8.84. The van der Waals surface area contributed by atoms with Gasteiger partial charge in [-0.15, -0.1) is 10.2 Å². The van der Waals surface area contributed by atoms with E-state index in [9.17, 15) is 4.79 Å². The molecule has 4 nitrogen and oxygen atoms in total. The van der Waals surface area contributed by atoms with Gasteiger partial charge in [0.1, 0.15) is 0 Å². The number of nitrogens with zero attached hydrogens (tertiary/aromatic N) is 2. The molecule has 1 aromatic carbocycles. The van der Waals surface area contributed by atoms with E-state index in [0.717, 1.165) is 16.5 Å². The van der Waals surface area contributed by atoms with Crippen molar-refractivity contribution in [2.24, 2.45) is 10.2 Å². The Morgan fingerprint density at radius 2 is 2.15 bits per heavy atom. The lowest BCUT2D eigenvalue weighted by atomic mass is 10.1. The lowest BCUT2D eigenvalue weighted by Gasteiger charge is -1.95. The quantitative estimate of drug-likeness (QED) is 0.554. The third-order valence-corrected chi connectivity index (χ3v) is 2.14. The number of rotatable bonds is 0. The summed E-state index contributed by atoms with van der Waals surface area (Å²) in [5, 5.41) is 9.56. The van der Waals surface area contributed by atoms with Crippen LogP contribution < -0.4 is 5.56 Å². The molecule has 1 aliphatic heterocycles. The predicted molar refractivity (Wildman–Crippen MR) is 48.7 cm³/mol. The number of benzene rings is 1. The van der Waals surface area contributed by atoms with Crippen molar-refractivity contribution >= 4 is 22.1 Å². The maximum absolute atomic E-state index is 11.3. The molecule has 3 rings (SSSR count). The van der Waals surface area contributed by atoms with Crippen LogP contribution in [0.2, 0.25) is 0 Å². The predicted octanol–water partition coefficient (Wildman–Crippen LogP) is 2.26. The Morgan fingerprint density at radius 1 is 1.23 bits per heavy atom. The van der Waals surface area contributed by atoms with E-state index in [2.05, 4.69) is 15.2 Å². The smallest absolute Gasteiger partial charge is 0.276 e. The molecule has 0 amide bonds. The van der Waals surface area contributed by atoms with E-state index in [4.69, 9.17) is 0 Å². The molecule has 1 aliphatic rings. The van der Waals surface area contributed by atoms with Crippen LogP contribution in [-0.4, -0.2) is 4.98 Å². The molecule has 0 aliphatic carbocycles. The Labute approximate surface area is 72.9 Å². The van der Waals surface area contributed by atoms with Gasteiger partial charge >= 0.3 is 0 Å². The molecule has 0 fully saturated rings. The average Bonchev–Trinajstić information content (AvgIpc) is 2.57. The lowest BCUT2D eigenvalue weighted by molar-refractivity contribution is 1.21. The number of hydrogen-bond acceptors (Lipinski definition) is 3. The molecule has 0 bridgehead atoms. The first-order valence-electron chi connectivity index (χ1n) is 3.92. The first kappa shape index (κ1) is 6.54. The summed E-state index contributed by atoms with van der Waals surface area (Å²) in [4.78, 5) is 13.9. The molecule has 2 heterocycles. The van der Waals surface area contributed by atoms with E-state index in [1.807, 2.05) is 18.2 Å². The van der Waals surface area contributed by atoms with Gasteiger partial charge in [0.2, 0.25) is 0 Å². The van der Waals surface area contributed by atoms with Crippen molar-refractivity contribution in [3.05, 3.63) is 34.7 Å². The second kappa shape index (κ2) is 2.04. The summed E-state index contributed by atoms with van der Waals surface area (Å²) in [6.07, 6.45) is 1.68. The number of azo groups is 1. The van der Waals surface area contributed by atoms with Crippen molar-refractivity contribution in [2.45, 2.75) is 0 Å². The Bertz CT molecular complexity index is 583. The first-order chi connectivity index (χ1) is 6.36. The first-order valence-corrected chi connectivity index (χ1v) is 3.92. The molecule has 0 saturated heterocycles. The second-order valence-corrected chi connectivity index (χ2v) is 2.91. The number of pyridine rings is 1. The normalized spacial score (nSPS) is 12.6. The van der Waals surface area contributed by atoms with Crippen molar-refractivity contribution in [3.8, 4) is 0 Å². The van der Waals surface area contributed by atoms with Gasteiger partial charge in [0, 0.05) is 17.0 Å². The van der Waals surface area contributed by atoms with Crippen LogP contribution in [0.15, 0.2) is 39.4 Å². The summed E-state index contributed by atoms with van der Waals surface area (Å²) in [5.74, 6) is 0. The van der Waals surface area contributed by atoms with E-state index < -0.39 is 0 Å². The van der Waals surface area contributed by atoms with Gasteiger partial charge in [-0.3, -0.25) is 4.79 Å². The van der Waals surface area contributed by atoms with Crippen LogP contribution in [0.25, 0.3) is 10.8 Å². The highest BCUT2D eigenvalue weighted by Crippen LogP contribution is 2.37. The van der Waals surface area contributed by atoms with Crippen molar-refractivity contribution in [3.63, 3.8) is 0 Å². The van der Waals surface area contributed by atoms with E-state index in [1.54, 1.807) is 6.20 Å². The Hall–Kier alpha value is -1.97. The fourth-order valence-corrected chi connectivity index (χ4v) is 1.54. The number of nitrogens with one attached hydrogen (secondary N) is 1. The Kier molecular flexibility index (Phi) is 1.02. The van der Waals surface area contributed by atoms with Gasteiger partial charge in [-0.25, -0.2) is 0 Å². The van der Waals surface area contributed by atoms with Gasteiger partial charge < -0.3 is 4.98 Å². The third kappa shape index (κ3) is 0.717. The van der Waals surface area contributed by atoms with Crippen molar-refractivity contribution in [2.75, 3.05) is 0 Å².